The highest BCUT2D eigenvalue weighted by molar-refractivity contribution is 7.98. The van der Waals surface area contributed by atoms with Gasteiger partial charge in [0.25, 0.3) is 11.2 Å². The minimum Gasteiger partial charge on any atom is -0.435 e. The molecule has 0 unspecified atom stereocenters. The number of fused-ring (bicyclic) bond motifs is 1. The van der Waals surface area contributed by atoms with E-state index in [4.69, 9.17) is 0 Å². The van der Waals surface area contributed by atoms with Crippen LogP contribution in [0.1, 0.15) is 5.56 Å². The van der Waals surface area contributed by atoms with Crippen molar-refractivity contribution in [3.8, 4) is 11.4 Å². The molecule has 0 fully saturated rings. The van der Waals surface area contributed by atoms with Crippen LogP contribution in [0.5, 0.6) is 5.75 Å². The third-order valence-electron chi connectivity index (χ3n) is 4.58. The standard InChI is InChI=1S/C22H15F2N3O4S/c23-21(24)31-17-11-9-15(10-12-17)26-20(28)18-3-1-2-4-19(18)25-22(26)32-13-14-5-7-16(8-6-14)27(29)30/h1-12,21H,13H2. The van der Waals surface area contributed by atoms with Gasteiger partial charge in [-0.2, -0.15) is 8.78 Å². The number of benzene rings is 3. The van der Waals surface area contributed by atoms with Crippen LogP contribution in [0.2, 0.25) is 0 Å². The highest BCUT2D eigenvalue weighted by Gasteiger charge is 2.14. The molecule has 0 aliphatic heterocycles. The summed E-state index contributed by atoms with van der Waals surface area (Å²) in [5.41, 5.74) is 1.48. The van der Waals surface area contributed by atoms with Crippen LogP contribution in [0.3, 0.4) is 0 Å². The van der Waals surface area contributed by atoms with Crippen molar-refractivity contribution in [3.05, 3.63) is 98.8 Å². The molecule has 1 aromatic heterocycles. The minimum atomic E-state index is -2.95. The van der Waals surface area contributed by atoms with E-state index in [0.29, 0.717) is 27.5 Å². The Balaban J connectivity index is 1.72. The summed E-state index contributed by atoms with van der Waals surface area (Å²) in [6.45, 7) is -2.95. The molecule has 162 valence electrons. The van der Waals surface area contributed by atoms with Gasteiger partial charge >= 0.3 is 6.61 Å². The Morgan fingerprint density at radius 2 is 1.72 bits per heavy atom. The Morgan fingerprint density at radius 1 is 1.03 bits per heavy atom. The van der Waals surface area contributed by atoms with Gasteiger partial charge in [0.2, 0.25) is 0 Å². The molecule has 1 heterocycles. The fourth-order valence-electron chi connectivity index (χ4n) is 3.08. The summed E-state index contributed by atoms with van der Waals surface area (Å²) < 4.78 is 30.7. The van der Waals surface area contributed by atoms with Crippen molar-refractivity contribution in [2.24, 2.45) is 0 Å². The maximum atomic E-state index is 13.2. The quantitative estimate of drug-likeness (QED) is 0.165. The zero-order valence-corrected chi connectivity index (χ0v) is 17.2. The molecule has 10 heteroatoms. The second-order valence-corrected chi connectivity index (χ2v) is 7.58. The molecule has 0 aliphatic rings. The van der Waals surface area contributed by atoms with Gasteiger partial charge in [-0.3, -0.25) is 19.5 Å². The molecule has 4 aromatic rings. The summed E-state index contributed by atoms with van der Waals surface area (Å²) in [5, 5.41) is 11.7. The van der Waals surface area contributed by atoms with E-state index in [2.05, 4.69) is 9.72 Å². The minimum absolute atomic E-state index is 0.00871. The lowest BCUT2D eigenvalue weighted by atomic mass is 10.2. The van der Waals surface area contributed by atoms with E-state index in [1.54, 1.807) is 36.4 Å². The summed E-state index contributed by atoms with van der Waals surface area (Å²) in [6.07, 6.45) is 0. The third kappa shape index (κ3) is 4.59. The second-order valence-electron chi connectivity index (χ2n) is 6.64. The number of hydrogen-bond acceptors (Lipinski definition) is 6. The van der Waals surface area contributed by atoms with Crippen LogP contribution >= 0.6 is 11.8 Å². The molecule has 32 heavy (non-hydrogen) atoms. The number of rotatable bonds is 7. The molecule has 0 aliphatic carbocycles. The summed E-state index contributed by atoms with van der Waals surface area (Å²) >= 11 is 1.28. The number of thioether (sulfide) groups is 1. The van der Waals surface area contributed by atoms with E-state index in [-0.39, 0.29) is 17.0 Å². The van der Waals surface area contributed by atoms with Crippen LogP contribution in [0.25, 0.3) is 16.6 Å². The first-order valence-corrected chi connectivity index (χ1v) is 10.3. The number of nitro benzene ring substituents is 1. The molecule has 0 bridgehead atoms. The number of aromatic nitrogens is 2. The van der Waals surface area contributed by atoms with Crippen molar-refractivity contribution in [1.82, 2.24) is 9.55 Å². The van der Waals surface area contributed by atoms with Gasteiger partial charge in [-0.1, -0.05) is 36.0 Å². The average Bonchev–Trinajstić information content (AvgIpc) is 2.78. The zero-order chi connectivity index (χ0) is 22.7. The van der Waals surface area contributed by atoms with E-state index >= 15 is 0 Å². The van der Waals surface area contributed by atoms with Crippen molar-refractivity contribution in [2.75, 3.05) is 0 Å². The fraction of sp³-hybridized carbons (Fsp3) is 0.0909. The number of nitro groups is 1. The van der Waals surface area contributed by atoms with E-state index in [1.807, 2.05) is 0 Å². The number of nitrogens with zero attached hydrogens (tertiary/aromatic N) is 3. The van der Waals surface area contributed by atoms with Gasteiger partial charge in [-0.05, 0) is 42.0 Å². The van der Waals surface area contributed by atoms with E-state index in [1.165, 1.54) is 52.7 Å². The van der Waals surface area contributed by atoms with E-state index < -0.39 is 11.5 Å². The molecule has 0 radical (unpaired) electrons. The Morgan fingerprint density at radius 3 is 2.38 bits per heavy atom. The molecule has 0 atom stereocenters. The van der Waals surface area contributed by atoms with Crippen LogP contribution in [0, 0.1) is 10.1 Å². The predicted molar refractivity (Wildman–Crippen MR) is 117 cm³/mol. The number of hydrogen-bond donors (Lipinski definition) is 0. The maximum Gasteiger partial charge on any atom is 0.387 e. The maximum absolute atomic E-state index is 13.2. The SMILES string of the molecule is O=c1c2ccccc2nc(SCc2ccc([N+](=O)[O-])cc2)n1-c1ccc(OC(F)F)cc1. The Labute approximate surface area is 184 Å². The topological polar surface area (TPSA) is 87.3 Å². The van der Waals surface area contributed by atoms with E-state index in [9.17, 15) is 23.7 Å². The molecule has 3 aromatic carbocycles. The predicted octanol–water partition coefficient (Wildman–Crippen LogP) is 5.19. The van der Waals surface area contributed by atoms with Crippen LogP contribution in [0.15, 0.2) is 82.7 Å². The lowest BCUT2D eigenvalue weighted by Crippen LogP contribution is -2.21. The Hall–Kier alpha value is -3.79. The summed E-state index contributed by atoms with van der Waals surface area (Å²) in [5.74, 6) is 0.389. The van der Waals surface area contributed by atoms with Crippen LogP contribution in [0.4, 0.5) is 14.5 Å². The van der Waals surface area contributed by atoms with Crippen LogP contribution < -0.4 is 10.3 Å². The average molecular weight is 455 g/mol. The molecule has 7 nitrogen and oxygen atoms in total. The number of ether oxygens (including phenoxy) is 1. The molecule has 0 saturated heterocycles. The summed E-state index contributed by atoms with van der Waals surface area (Å²) in [7, 11) is 0. The third-order valence-corrected chi connectivity index (χ3v) is 5.59. The highest BCUT2D eigenvalue weighted by atomic mass is 32.2. The highest BCUT2D eigenvalue weighted by Crippen LogP contribution is 2.26. The van der Waals surface area contributed by atoms with Gasteiger partial charge < -0.3 is 4.74 Å². The van der Waals surface area contributed by atoms with Gasteiger partial charge in [0.05, 0.1) is 21.5 Å². The van der Waals surface area contributed by atoms with Crippen molar-refractivity contribution >= 4 is 28.4 Å². The van der Waals surface area contributed by atoms with Gasteiger partial charge in [-0.25, -0.2) is 4.98 Å². The number of halogens is 2. The first-order valence-electron chi connectivity index (χ1n) is 9.35. The molecule has 0 amide bonds. The Kier molecular flexibility index (Phi) is 6.13. The first-order chi connectivity index (χ1) is 15.4. The molecular weight excluding hydrogens is 440 g/mol. The number of alkyl halides is 2. The molecule has 0 spiro atoms. The normalized spacial score (nSPS) is 11.1. The largest absolute Gasteiger partial charge is 0.435 e. The molecule has 0 N–H and O–H groups in total. The van der Waals surface area contributed by atoms with E-state index in [0.717, 1.165) is 5.56 Å². The van der Waals surface area contributed by atoms with Crippen molar-refractivity contribution in [2.45, 2.75) is 17.5 Å². The zero-order valence-electron chi connectivity index (χ0n) is 16.4. The van der Waals surface area contributed by atoms with Gasteiger partial charge in [-0.15, -0.1) is 0 Å². The first kappa shape index (κ1) is 21.4. The van der Waals surface area contributed by atoms with Gasteiger partial charge in [0.15, 0.2) is 5.16 Å². The lowest BCUT2D eigenvalue weighted by molar-refractivity contribution is -0.384. The molecule has 0 saturated carbocycles. The summed E-state index contributed by atoms with van der Waals surface area (Å²) in [6, 6.07) is 18.8. The number of non-ortho nitro benzene ring substituents is 1. The molecular formula is C22H15F2N3O4S. The smallest absolute Gasteiger partial charge is 0.387 e. The van der Waals surface area contributed by atoms with Crippen LogP contribution in [-0.2, 0) is 5.75 Å². The van der Waals surface area contributed by atoms with Crippen molar-refractivity contribution < 1.29 is 18.4 Å². The van der Waals surface area contributed by atoms with Crippen molar-refractivity contribution in [1.29, 1.82) is 0 Å². The Bertz CT molecular complexity index is 1330. The molecule has 4 rings (SSSR count). The van der Waals surface area contributed by atoms with Crippen molar-refractivity contribution in [3.63, 3.8) is 0 Å². The fourth-order valence-corrected chi connectivity index (χ4v) is 4.04. The second kappa shape index (κ2) is 9.15. The number of para-hydroxylation sites is 1. The monoisotopic (exact) mass is 455 g/mol. The summed E-state index contributed by atoms with van der Waals surface area (Å²) in [4.78, 5) is 28.2. The van der Waals surface area contributed by atoms with Crippen LogP contribution in [-0.4, -0.2) is 21.1 Å². The lowest BCUT2D eigenvalue weighted by Gasteiger charge is -2.14. The van der Waals surface area contributed by atoms with Gasteiger partial charge in [0.1, 0.15) is 5.75 Å². The van der Waals surface area contributed by atoms with Gasteiger partial charge in [0, 0.05) is 17.9 Å².